The van der Waals surface area contributed by atoms with Gasteiger partial charge in [-0.05, 0) is 6.07 Å². The van der Waals surface area contributed by atoms with Gasteiger partial charge in [0.1, 0.15) is 0 Å². The lowest BCUT2D eigenvalue weighted by atomic mass is 10.1. The van der Waals surface area contributed by atoms with Gasteiger partial charge in [-0.3, -0.25) is 9.78 Å². The van der Waals surface area contributed by atoms with E-state index in [0.717, 1.165) is 10.9 Å². The van der Waals surface area contributed by atoms with Crippen LogP contribution in [0.4, 0.5) is 0 Å². The maximum atomic E-state index is 10.6. The van der Waals surface area contributed by atoms with E-state index >= 15 is 0 Å². The van der Waals surface area contributed by atoms with Gasteiger partial charge in [0.25, 0.3) is 0 Å². The van der Waals surface area contributed by atoms with Crippen molar-refractivity contribution in [3.8, 4) is 0 Å². The molecule has 3 nitrogen and oxygen atoms in total. The van der Waals surface area contributed by atoms with Crippen LogP contribution in [-0.2, 0) is 11.2 Å². The number of carboxylic acid groups (broad SMARTS) is 1. The molecule has 0 aliphatic carbocycles. The number of benzene rings is 1. The van der Waals surface area contributed by atoms with Crippen molar-refractivity contribution in [1.82, 2.24) is 4.98 Å². The lowest BCUT2D eigenvalue weighted by Crippen LogP contribution is -2.01. The van der Waals surface area contributed by atoms with E-state index in [4.69, 9.17) is 16.7 Å². The smallest absolute Gasteiger partial charge is 0.307 e. The number of carbonyl (C=O) groups is 1. The largest absolute Gasteiger partial charge is 0.481 e. The van der Waals surface area contributed by atoms with Gasteiger partial charge in [-0.15, -0.1) is 0 Å². The Labute approximate surface area is 91.3 Å². The third kappa shape index (κ3) is 1.92. The normalized spacial score (nSPS) is 10.5. The molecule has 4 heteroatoms. The molecule has 1 heterocycles. The minimum absolute atomic E-state index is 0.101. The number of aliphatic carboxylic acids is 1. The van der Waals surface area contributed by atoms with Gasteiger partial charge >= 0.3 is 5.97 Å². The summed E-state index contributed by atoms with van der Waals surface area (Å²) in [6, 6.07) is 7.38. The monoisotopic (exact) mass is 221 g/mol. The van der Waals surface area contributed by atoms with E-state index in [9.17, 15) is 4.79 Å². The van der Waals surface area contributed by atoms with Crippen molar-refractivity contribution in [1.29, 1.82) is 0 Å². The first kappa shape index (κ1) is 9.93. The minimum Gasteiger partial charge on any atom is -0.481 e. The molecule has 0 saturated heterocycles. The van der Waals surface area contributed by atoms with Crippen molar-refractivity contribution in [3.63, 3.8) is 0 Å². The maximum absolute atomic E-state index is 10.6. The number of carboxylic acids is 1. The van der Waals surface area contributed by atoms with E-state index in [1.54, 1.807) is 0 Å². The number of hydrogen-bond donors (Lipinski definition) is 1. The highest BCUT2D eigenvalue weighted by Gasteiger charge is 2.09. The predicted octanol–water partition coefficient (Wildman–Crippen LogP) is 2.52. The van der Waals surface area contributed by atoms with Crippen molar-refractivity contribution in [2.24, 2.45) is 0 Å². The highest BCUT2D eigenvalue weighted by molar-refractivity contribution is 6.36. The van der Waals surface area contributed by atoms with Crippen LogP contribution in [0.2, 0.25) is 5.02 Å². The molecular weight excluding hydrogens is 214 g/mol. The molecule has 0 spiro atoms. The second-order valence-electron chi connectivity index (χ2n) is 3.19. The standard InChI is InChI=1S/C11H8ClNO2/c12-11-7(5-10(14)15)6-13-9-4-2-1-3-8(9)11/h1-4,6H,5H2,(H,14,15). The van der Waals surface area contributed by atoms with Crippen molar-refractivity contribution in [2.75, 3.05) is 0 Å². The summed E-state index contributed by atoms with van der Waals surface area (Å²) in [7, 11) is 0. The minimum atomic E-state index is -0.908. The van der Waals surface area contributed by atoms with Crippen molar-refractivity contribution in [2.45, 2.75) is 6.42 Å². The SMILES string of the molecule is O=C(O)Cc1cnc2ccccc2c1Cl. The second-order valence-corrected chi connectivity index (χ2v) is 3.56. The van der Waals surface area contributed by atoms with Crippen LogP contribution in [0.15, 0.2) is 30.5 Å². The molecular formula is C11H8ClNO2. The Balaban J connectivity index is 2.59. The Morgan fingerprint density at radius 2 is 2.13 bits per heavy atom. The summed E-state index contributed by atoms with van der Waals surface area (Å²) < 4.78 is 0. The Hall–Kier alpha value is -1.61. The molecule has 76 valence electrons. The van der Waals surface area contributed by atoms with E-state index in [1.807, 2.05) is 24.3 Å². The lowest BCUT2D eigenvalue weighted by molar-refractivity contribution is -0.136. The fraction of sp³-hybridized carbons (Fsp3) is 0.0909. The molecule has 1 N–H and O–H groups in total. The lowest BCUT2D eigenvalue weighted by Gasteiger charge is -2.04. The zero-order valence-corrected chi connectivity index (χ0v) is 8.53. The zero-order valence-electron chi connectivity index (χ0n) is 7.77. The van der Waals surface area contributed by atoms with Crippen LogP contribution in [0.25, 0.3) is 10.9 Å². The van der Waals surface area contributed by atoms with Gasteiger partial charge in [0, 0.05) is 17.1 Å². The van der Waals surface area contributed by atoms with Crippen LogP contribution in [-0.4, -0.2) is 16.1 Å². The Bertz CT molecular complexity index is 525. The first-order valence-corrected chi connectivity index (χ1v) is 4.80. The number of halogens is 1. The van der Waals surface area contributed by atoms with Gasteiger partial charge < -0.3 is 5.11 Å². The molecule has 1 aromatic heterocycles. The van der Waals surface area contributed by atoms with Gasteiger partial charge in [0.15, 0.2) is 0 Å². The third-order valence-corrected chi connectivity index (χ3v) is 2.57. The van der Waals surface area contributed by atoms with E-state index in [2.05, 4.69) is 4.98 Å². The van der Waals surface area contributed by atoms with Crippen molar-refractivity contribution >= 4 is 28.5 Å². The van der Waals surface area contributed by atoms with Crippen LogP contribution >= 0.6 is 11.6 Å². The Morgan fingerprint density at radius 3 is 2.87 bits per heavy atom. The Kier molecular flexibility index (Phi) is 2.56. The molecule has 1 aromatic carbocycles. The van der Waals surface area contributed by atoms with Crippen molar-refractivity contribution in [3.05, 3.63) is 41.0 Å². The number of pyridine rings is 1. The average molecular weight is 222 g/mol. The molecule has 0 fully saturated rings. The second kappa shape index (κ2) is 3.87. The molecule has 0 amide bonds. The topological polar surface area (TPSA) is 50.2 Å². The fourth-order valence-electron chi connectivity index (χ4n) is 1.44. The quantitative estimate of drug-likeness (QED) is 0.848. The first-order valence-electron chi connectivity index (χ1n) is 4.42. The van der Waals surface area contributed by atoms with Crippen LogP contribution in [0.1, 0.15) is 5.56 Å². The van der Waals surface area contributed by atoms with Crippen LogP contribution in [0, 0.1) is 0 Å². The summed E-state index contributed by atoms with van der Waals surface area (Å²) in [5.41, 5.74) is 1.32. The number of aromatic nitrogens is 1. The fourth-order valence-corrected chi connectivity index (χ4v) is 1.71. The van der Waals surface area contributed by atoms with Crippen LogP contribution in [0.5, 0.6) is 0 Å². The van der Waals surface area contributed by atoms with Gasteiger partial charge in [0.2, 0.25) is 0 Å². The molecule has 2 aromatic rings. The first-order chi connectivity index (χ1) is 7.18. The molecule has 0 unspecified atom stereocenters. The summed E-state index contributed by atoms with van der Waals surface area (Å²) in [6.45, 7) is 0. The summed E-state index contributed by atoms with van der Waals surface area (Å²) >= 11 is 6.08. The summed E-state index contributed by atoms with van der Waals surface area (Å²) in [5, 5.41) is 9.94. The van der Waals surface area contributed by atoms with E-state index in [-0.39, 0.29) is 6.42 Å². The van der Waals surface area contributed by atoms with Gasteiger partial charge in [-0.2, -0.15) is 0 Å². The number of hydrogen-bond acceptors (Lipinski definition) is 2. The molecule has 2 rings (SSSR count). The van der Waals surface area contributed by atoms with Gasteiger partial charge in [0.05, 0.1) is 17.0 Å². The summed E-state index contributed by atoms with van der Waals surface area (Å²) in [6.07, 6.45) is 1.41. The van der Waals surface area contributed by atoms with Crippen LogP contribution < -0.4 is 0 Å². The highest BCUT2D eigenvalue weighted by Crippen LogP contribution is 2.25. The molecule has 0 saturated carbocycles. The predicted molar refractivity (Wildman–Crippen MR) is 58.1 cm³/mol. The van der Waals surface area contributed by atoms with Crippen LogP contribution in [0.3, 0.4) is 0 Å². The number of nitrogens with zero attached hydrogens (tertiary/aromatic N) is 1. The molecule has 15 heavy (non-hydrogen) atoms. The summed E-state index contributed by atoms with van der Waals surface area (Å²) in [5.74, 6) is -0.908. The van der Waals surface area contributed by atoms with Gasteiger partial charge in [-0.25, -0.2) is 0 Å². The molecule has 0 aliphatic rings. The average Bonchev–Trinajstić information content (AvgIpc) is 2.22. The molecule has 0 aliphatic heterocycles. The Morgan fingerprint density at radius 1 is 1.40 bits per heavy atom. The number of rotatable bonds is 2. The zero-order chi connectivity index (χ0) is 10.8. The summed E-state index contributed by atoms with van der Waals surface area (Å²) in [4.78, 5) is 14.7. The molecule has 0 bridgehead atoms. The maximum Gasteiger partial charge on any atom is 0.307 e. The van der Waals surface area contributed by atoms with E-state index < -0.39 is 5.97 Å². The van der Waals surface area contributed by atoms with E-state index in [1.165, 1.54) is 6.20 Å². The molecule has 0 radical (unpaired) electrons. The highest BCUT2D eigenvalue weighted by atomic mass is 35.5. The van der Waals surface area contributed by atoms with Gasteiger partial charge in [-0.1, -0.05) is 29.8 Å². The van der Waals surface area contributed by atoms with Crippen molar-refractivity contribution < 1.29 is 9.90 Å². The number of fused-ring (bicyclic) bond motifs is 1. The number of para-hydroxylation sites is 1. The van der Waals surface area contributed by atoms with E-state index in [0.29, 0.717) is 10.6 Å². The molecule has 0 atom stereocenters. The third-order valence-electron chi connectivity index (χ3n) is 2.12.